The fourth-order valence-electron chi connectivity index (χ4n) is 1.81. The van der Waals surface area contributed by atoms with E-state index in [0.29, 0.717) is 6.54 Å². The molecule has 3 nitrogen and oxygen atoms in total. The molecule has 1 atom stereocenters. The lowest BCUT2D eigenvalue weighted by atomic mass is 9.92. The van der Waals surface area contributed by atoms with Gasteiger partial charge >= 0.3 is 0 Å². The van der Waals surface area contributed by atoms with Crippen molar-refractivity contribution in [2.75, 3.05) is 11.9 Å². The zero-order valence-corrected chi connectivity index (χ0v) is 13.7. The predicted octanol–water partition coefficient (Wildman–Crippen LogP) is 3.89. The van der Waals surface area contributed by atoms with Crippen LogP contribution in [0.1, 0.15) is 12.5 Å². The van der Waals surface area contributed by atoms with Crippen LogP contribution in [0.2, 0.25) is 0 Å². The average molecular weight is 385 g/mol. The van der Waals surface area contributed by atoms with Crippen LogP contribution in [0.5, 0.6) is 0 Å². The average Bonchev–Trinajstić information content (AvgIpc) is 2.43. The number of nitrogens with one attached hydrogen (secondary N) is 1. The van der Waals surface area contributed by atoms with Gasteiger partial charge in [0.05, 0.1) is 10.0 Å². The molecule has 100 valence electrons. The molecule has 0 saturated heterocycles. The van der Waals surface area contributed by atoms with Crippen molar-refractivity contribution in [2.45, 2.75) is 12.5 Å². The largest absolute Gasteiger partial charge is 0.359 e. The minimum absolute atomic E-state index is 0.357. The van der Waals surface area contributed by atoms with Gasteiger partial charge in [0, 0.05) is 17.2 Å². The number of halogens is 2. The third-order valence-electron chi connectivity index (χ3n) is 3.02. The van der Waals surface area contributed by atoms with E-state index in [9.17, 15) is 0 Å². The second kappa shape index (κ2) is 6.03. The van der Waals surface area contributed by atoms with Crippen LogP contribution in [0.15, 0.2) is 51.5 Å². The maximum absolute atomic E-state index is 5.95. The molecule has 1 aromatic heterocycles. The number of nitrogens with zero attached hydrogens (tertiary/aromatic N) is 1. The van der Waals surface area contributed by atoms with E-state index in [1.807, 2.05) is 24.3 Å². The van der Waals surface area contributed by atoms with Crippen molar-refractivity contribution < 1.29 is 0 Å². The monoisotopic (exact) mass is 383 g/mol. The van der Waals surface area contributed by atoms with Crippen molar-refractivity contribution in [1.29, 1.82) is 0 Å². The van der Waals surface area contributed by atoms with Gasteiger partial charge in [0.2, 0.25) is 0 Å². The zero-order valence-electron chi connectivity index (χ0n) is 10.5. The van der Waals surface area contributed by atoms with Crippen LogP contribution < -0.4 is 11.1 Å². The number of anilines is 1. The Morgan fingerprint density at radius 2 is 1.95 bits per heavy atom. The first kappa shape index (κ1) is 14.5. The molecule has 0 amide bonds. The molecule has 1 unspecified atom stereocenters. The Balaban J connectivity index is 2.33. The summed E-state index contributed by atoms with van der Waals surface area (Å²) in [6.07, 6.45) is 1.76. The summed E-state index contributed by atoms with van der Waals surface area (Å²) in [6, 6.07) is 12.1. The summed E-state index contributed by atoms with van der Waals surface area (Å²) in [7, 11) is 0. The molecule has 2 aromatic rings. The van der Waals surface area contributed by atoms with Crippen molar-refractivity contribution in [3.05, 3.63) is 57.1 Å². The Labute approximate surface area is 129 Å². The van der Waals surface area contributed by atoms with Crippen LogP contribution in [0.3, 0.4) is 0 Å². The summed E-state index contributed by atoms with van der Waals surface area (Å²) < 4.78 is 1.83. The van der Waals surface area contributed by atoms with Crippen molar-refractivity contribution in [1.82, 2.24) is 4.98 Å². The lowest BCUT2D eigenvalue weighted by Crippen LogP contribution is -2.40. The number of rotatable bonds is 4. The van der Waals surface area contributed by atoms with Crippen LogP contribution >= 0.6 is 31.9 Å². The van der Waals surface area contributed by atoms with Gasteiger partial charge in [-0.25, -0.2) is 4.98 Å². The van der Waals surface area contributed by atoms with Crippen molar-refractivity contribution in [3.8, 4) is 0 Å². The van der Waals surface area contributed by atoms with Crippen molar-refractivity contribution in [2.24, 2.45) is 5.73 Å². The number of benzene rings is 1. The molecule has 5 heteroatoms. The quantitative estimate of drug-likeness (QED) is 0.840. The molecule has 0 fully saturated rings. The second-order valence-corrected chi connectivity index (χ2v) is 6.28. The molecule has 0 bridgehead atoms. The topological polar surface area (TPSA) is 50.9 Å². The highest BCUT2D eigenvalue weighted by atomic mass is 79.9. The van der Waals surface area contributed by atoms with E-state index in [1.54, 1.807) is 6.20 Å². The lowest BCUT2D eigenvalue weighted by molar-refractivity contribution is 0.553. The van der Waals surface area contributed by atoms with E-state index < -0.39 is 0 Å². The van der Waals surface area contributed by atoms with Crippen LogP contribution in [-0.2, 0) is 5.54 Å². The number of pyridine rings is 1. The number of aromatic nitrogens is 1. The first-order valence-electron chi connectivity index (χ1n) is 5.90. The summed E-state index contributed by atoms with van der Waals surface area (Å²) in [4.78, 5) is 4.38. The van der Waals surface area contributed by atoms with Gasteiger partial charge in [0.1, 0.15) is 5.82 Å². The SMILES string of the molecule is CC(CN)(Nc1ncc(Br)cc1Br)c1ccccc1. The first-order valence-corrected chi connectivity index (χ1v) is 7.48. The van der Waals surface area contributed by atoms with Gasteiger partial charge in [0.25, 0.3) is 0 Å². The van der Waals surface area contributed by atoms with Crippen LogP contribution in [0.25, 0.3) is 0 Å². The van der Waals surface area contributed by atoms with E-state index in [1.165, 1.54) is 0 Å². The van der Waals surface area contributed by atoms with Crippen molar-refractivity contribution >= 4 is 37.7 Å². The molecule has 0 aliphatic rings. The van der Waals surface area contributed by atoms with Crippen molar-refractivity contribution in [3.63, 3.8) is 0 Å². The second-order valence-electron chi connectivity index (χ2n) is 4.51. The molecule has 1 heterocycles. The molecule has 19 heavy (non-hydrogen) atoms. The molecule has 0 radical (unpaired) electrons. The van der Waals surface area contributed by atoms with Gasteiger partial charge in [-0.3, -0.25) is 0 Å². The summed E-state index contributed by atoms with van der Waals surface area (Å²) in [5.41, 5.74) is 6.73. The third-order valence-corrected chi connectivity index (χ3v) is 4.06. The van der Waals surface area contributed by atoms with Gasteiger partial charge in [-0.15, -0.1) is 0 Å². The smallest absolute Gasteiger partial charge is 0.141 e. The standard InChI is InChI=1S/C14H15Br2N3/c1-14(9-17,10-5-3-2-4-6-10)19-13-12(16)7-11(15)8-18-13/h2-8H,9,17H2,1H3,(H,18,19). The third kappa shape index (κ3) is 3.35. The van der Waals surface area contributed by atoms with E-state index in [4.69, 9.17) is 5.73 Å². The highest BCUT2D eigenvalue weighted by molar-refractivity contribution is 9.11. The van der Waals surface area contributed by atoms with Gasteiger partial charge < -0.3 is 11.1 Å². The number of nitrogens with two attached hydrogens (primary N) is 1. The fourth-order valence-corrected chi connectivity index (χ4v) is 2.90. The summed E-state index contributed by atoms with van der Waals surface area (Å²) in [5, 5.41) is 3.41. The predicted molar refractivity (Wildman–Crippen MR) is 86.1 cm³/mol. The molecular weight excluding hydrogens is 370 g/mol. The fraction of sp³-hybridized carbons (Fsp3) is 0.214. The molecule has 0 saturated carbocycles. The zero-order chi connectivity index (χ0) is 13.9. The first-order chi connectivity index (χ1) is 9.05. The van der Waals surface area contributed by atoms with Gasteiger partial charge in [-0.05, 0) is 50.4 Å². The molecular formula is C14H15Br2N3. The minimum Gasteiger partial charge on any atom is -0.359 e. The maximum atomic E-state index is 5.95. The summed E-state index contributed by atoms with van der Waals surface area (Å²) in [6.45, 7) is 2.54. The molecule has 2 rings (SSSR count). The Morgan fingerprint density at radius 1 is 1.26 bits per heavy atom. The van der Waals surface area contributed by atoms with Gasteiger partial charge in [-0.2, -0.15) is 0 Å². The molecule has 3 N–H and O–H groups in total. The van der Waals surface area contributed by atoms with E-state index >= 15 is 0 Å². The highest BCUT2D eigenvalue weighted by Gasteiger charge is 2.25. The van der Waals surface area contributed by atoms with Gasteiger partial charge in [-0.1, -0.05) is 30.3 Å². The van der Waals surface area contributed by atoms with Crippen LogP contribution in [0.4, 0.5) is 5.82 Å². The van der Waals surface area contributed by atoms with E-state index in [2.05, 4.69) is 61.2 Å². The molecule has 0 aliphatic heterocycles. The van der Waals surface area contributed by atoms with Crippen LogP contribution in [-0.4, -0.2) is 11.5 Å². The highest BCUT2D eigenvalue weighted by Crippen LogP contribution is 2.29. The molecule has 0 spiro atoms. The van der Waals surface area contributed by atoms with Crippen LogP contribution in [0, 0.1) is 0 Å². The molecule has 1 aromatic carbocycles. The lowest BCUT2D eigenvalue weighted by Gasteiger charge is -2.31. The Bertz CT molecular complexity index is 560. The Kier molecular flexibility index (Phi) is 4.60. The van der Waals surface area contributed by atoms with E-state index in [-0.39, 0.29) is 5.54 Å². The molecule has 0 aliphatic carbocycles. The summed E-state index contributed by atoms with van der Waals surface area (Å²) >= 11 is 6.90. The number of hydrogen-bond acceptors (Lipinski definition) is 3. The van der Waals surface area contributed by atoms with Gasteiger partial charge in [0.15, 0.2) is 0 Å². The summed E-state index contributed by atoms with van der Waals surface area (Å²) in [5.74, 6) is 0.778. The Hall–Kier alpha value is -0.910. The minimum atomic E-state index is -0.357. The maximum Gasteiger partial charge on any atom is 0.141 e. The number of hydrogen-bond donors (Lipinski definition) is 2. The Morgan fingerprint density at radius 3 is 2.53 bits per heavy atom. The van der Waals surface area contributed by atoms with E-state index in [0.717, 1.165) is 20.3 Å². The normalized spacial score (nSPS) is 13.9.